The van der Waals surface area contributed by atoms with Gasteiger partial charge in [0.25, 0.3) is 0 Å². The molecule has 132 valence electrons. The van der Waals surface area contributed by atoms with Crippen LogP contribution in [0.15, 0.2) is 35.7 Å². The summed E-state index contributed by atoms with van der Waals surface area (Å²) < 4.78 is 6.60. The topological polar surface area (TPSA) is 70.3 Å². The third-order valence-corrected chi connectivity index (χ3v) is 5.58. The molecule has 26 heavy (non-hydrogen) atoms. The molecule has 1 atom stereocenters. The van der Waals surface area contributed by atoms with Crippen molar-refractivity contribution in [1.29, 1.82) is 5.26 Å². The van der Waals surface area contributed by atoms with Crippen LogP contribution in [0.4, 0.5) is 0 Å². The van der Waals surface area contributed by atoms with Gasteiger partial charge < -0.3 is 9.84 Å². The lowest BCUT2D eigenvalue weighted by Gasteiger charge is -2.10. The van der Waals surface area contributed by atoms with Gasteiger partial charge in [0.05, 0.1) is 17.6 Å². The number of ether oxygens (including phenoxy) is 1. The molecule has 1 unspecified atom stereocenters. The molecule has 7 heteroatoms. The molecule has 4 nitrogen and oxygen atoms in total. The molecule has 0 aliphatic heterocycles. The number of hydrogen-bond acceptors (Lipinski definition) is 4. The van der Waals surface area contributed by atoms with Crippen LogP contribution in [0.3, 0.4) is 0 Å². The van der Waals surface area contributed by atoms with Gasteiger partial charge in [0.2, 0.25) is 0 Å². The van der Waals surface area contributed by atoms with Crippen LogP contribution in [0.25, 0.3) is 10.1 Å². The van der Waals surface area contributed by atoms with Crippen molar-refractivity contribution in [2.24, 2.45) is 0 Å². The molecule has 0 aliphatic carbocycles. The third kappa shape index (κ3) is 3.63. The van der Waals surface area contributed by atoms with E-state index in [-0.39, 0.29) is 6.61 Å². The van der Waals surface area contributed by atoms with Crippen molar-refractivity contribution in [3.63, 3.8) is 0 Å². The van der Waals surface area contributed by atoms with E-state index in [1.165, 1.54) is 11.3 Å². The normalized spacial score (nSPS) is 11.9. The van der Waals surface area contributed by atoms with E-state index < -0.39 is 11.9 Å². The van der Waals surface area contributed by atoms with E-state index in [1.54, 1.807) is 36.6 Å². The summed E-state index contributed by atoms with van der Waals surface area (Å²) in [5.41, 5.74) is 1.81. The number of nitrogens with zero attached hydrogens (tertiary/aromatic N) is 1. The zero-order valence-corrected chi connectivity index (χ0v) is 16.0. The van der Waals surface area contributed by atoms with Crippen molar-refractivity contribution >= 4 is 50.6 Å². The summed E-state index contributed by atoms with van der Waals surface area (Å²) >= 11 is 13.4. The molecular formula is C19H13Cl2NO3S. The van der Waals surface area contributed by atoms with Gasteiger partial charge in [-0.2, -0.15) is 5.26 Å². The zero-order valence-electron chi connectivity index (χ0n) is 13.6. The van der Waals surface area contributed by atoms with Crippen LogP contribution in [0.1, 0.15) is 29.5 Å². The van der Waals surface area contributed by atoms with Crippen LogP contribution < -0.4 is 4.74 Å². The van der Waals surface area contributed by atoms with Crippen LogP contribution in [0, 0.1) is 11.3 Å². The van der Waals surface area contributed by atoms with Gasteiger partial charge in [-0.15, -0.1) is 11.3 Å². The Morgan fingerprint density at radius 2 is 2.12 bits per heavy atom. The summed E-state index contributed by atoms with van der Waals surface area (Å²) in [6.07, 6.45) is 0. The molecule has 0 spiro atoms. The highest BCUT2D eigenvalue weighted by molar-refractivity contribution is 7.17. The second-order valence-corrected chi connectivity index (χ2v) is 7.49. The molecule has 0 bridgehead atoms. The number of benzene rings is 2. The van der Waals surface area contributed by atoms with Gasteiger partial charge in [0.15, 0.2) is 0 Å². The average Bonchev–Trinajstić information content (AvgIpc) is 3.03. The highest BCUT2D eigenvalue weighted by Crippen LogP contribution is 2.37. The van der Waals surface area contributed by atoms with Crippen LogP contribution >= 0.6 is 34.5 Å². The van der Waals surface area contributed by atoms with Gasteiger partial charge in [-0.25, -0.2) is 0 Å². The molecule has 3 aromatic rings. The van der Waals surface area contributed by atoms with E-state index >= 15 is 0 Å². The summed E-state index contributed by atoms with van der Waals surface area (Å²) in [7, 11) is 0. The van der Waals surface area contributed by atoms with Crippen molar-refractivity contribution in [1.82, 2.24) is 0 Å². The minimum atomic E-state index is -0.925. The number of carboxylic acid groups (broad SMARTS) is 1. The Morgan fingerprint density at radius 3 is 2.77 bits per heavy atom. The second kappa shape index (κ2) is 7.55. The largest absolute Gasteiger partial charge is 0.489 e. The lowest BCUT2D eigenvalue weighted by molar-refractivity contribution is -0.138. The number of carbonyl (C=O) groups is 1. The maximum absolute atomic E-state index is 11.3. The summed E-state index contributed by atoms with van der Waals surface area (Å²) in [5, 5.41) is 22.3. The maximum Gasteiger partial charge on any atom is 0.310 e. The summed E-state index contributed by atoms with van der Waals surface area (Å²) in [6, 6.07) is 10.7. The van der Waals surface area contributed by atoms with Crippen LogP contribution in [0.2, 0.25) is 10.0 Å². The minimum Gasteiger partial charge on any atom is -0.489 e. The van der Waals surface area contributed by atoms with Crippen LogP contribution in [-0.2, 0) is 11.4 Å². The molecule has 0 aliphatic rings. The molecule has 0 amide bonds. The fourth-order valence-corrected chi connectivity index (χ4v) is 4.16. The molecule has 1 heterocycles. The quantitative estimate of drug-likeness (QED) is 0.577. The minimum absolute atomic E-state index is 0.232. The van der Waals surface area contributed by atoms with E-state index in [9.17, 15) is 15.2 Å². The van der Waals surface area contributed by atoms with Crippen molar-refractivity contribution in [3.8, 4) is 11.8 Å². The first-order valence-corrected chi connectivity index (χ1v) is 9.29. The lowest BCUT2D eigenvalue weighted by atomic mass is 9.97. The molecule has 0 saturated carbocycles. The van der Waals surface area contributed by atoms with Gasteiger partial charge >= 0.3 is 5.97 Å². The predicted octanol–water partition coefficient (Wildman–Crippen LogP) is 5.85. The smallest absolute Gasteiger partial charge is 0.310 e. The zero-order chi connectivity index (χ0) is 18.8. The molecule has 0 radical (unpaired) electrons. The SMILES string of the molecule is CC(C(=O)O)c1csc2cc(OCc3ccc(Cl)cc3Cl)cc(C#N)c12. The number of aliphatic carboxylic acids is 1. The summed E-state index contributed by atoms with van der Waals surface area (Å²) in [4.78, 5) is 11.3. The van der Waals surface area contributed by atoms with Gasteiger partial charge in [0, 0.05) is 25.7 Å². The highest BCUT2D eigenvalue weighted by atomic mass is 35.5. The Bertz CT molecular complexity index is 1040. The fraction of sp³-hybridized carbons (Fsp3) is 0.158. The van der Waals surface area contributed by atoms with Crippen molar-refractivity contribution in [2.45, 2.75) is 19.4 Å². The van der Waals surface area contributed by atoms with E-state index in [0.717, 1.165) is 10.3 Å². The van der Waals surface area contributed by atoms with Gasteiger partial charge in [-0.1, -0.05) is 29.3 Å². The van der Waals surface area contributed by atoms with E-state index in [1.807, 2.05) is 6.07 Å². The first-order valence-electron chi connectivity index (χ1n) is 7.65. The highest BCUT2D eigenvalue weighted by Gasteiger charge is 2.21. The van der Waals surface area contributed by atoms with Crippen LogP contribution in [-0.4, -0.2) is 11.1 Å². The molecule has 1 N–H and O–H groups in total. The monoisotopic (exact) mass is 405 g/mol. The number of carboxylic acids is 1. The van der Waals surface area contributed by atoms with E-state index in [4.69, 9.17) is 27.9 Å². The number of hydrogen-bond donors (Lipinski definition) is 1. The molecular weight excluding hydrogens is 393 g/mol. The Balaban J connectivity index is 1.93. The first kappa shape index (κ1) is 18.5. The lowest BCUT2D eigenvalue weighted by Crippen LogP contribution is -2.07. The summed E-state index contributed by atoms with van der Waals surface area (Å²) in [5.74, 6) is -1.08. The van der Waals surface area contributed by atoms with Gasteiger partial charge in [-0.3, -0.25) is 4.79 Å². The molecule has 2 aromatic carbocycles. The number of thiophene rings is 1. The Kier molecular flexibility index (Phi) is 5.38. The first-order chi connectivity index (χ1) is 12.4. The Labute approximate surface area is 164 Å². The second-order valence-electron chi connectivity index (χ2n) is 5.73. The van der Waals surface area contributed by atoms with Gasteiger partial charge in [-0.05, 0) is 42.1 Å². The molecule has 1 aromatic heterocycles. The Morgan fingerprint density at radius 1 is 1.35 bits per heavy atom. The van der Waals surface area contributed by atoms with E-state index in [2.05, 4.69) is 6.07 Å². The predicted molar refractivity (Wildman–Crippen MR) is 103 cm³/mol. The number of nitriles is 1. The Hall–Kier alpha value is -2.26. The standard InChI is InChI=1S/C19H13Cl2NO3S/c1-10(19(23)24)15-9-26-17-6-14(4-12(7-22)18(15)17)25-8-11-2-3-13(20)5-16(11)21/h2-6,9-10H,8H2,1H3,(H,23,24). The molecule has 3 rings (SSSR count). The fourth-order valence-electron chi connectivity index (χ4n) is 2.59. The number of halogens is 2. The number of fused-ring (bicyclic) bond motifs is 1. The molecule has 0 fully saturated rings. The van der Waals surface area contributed by atoms with Crippen molar-refractivity contribution in [2.75, 3.05) is 0 Å². The average molecular weight is 406 g/mol. The third-order valence-electron chi connectivity index (χ3n) is 4.04. The summed E-state index contributed by atoms with van der Waals surface area (Å²) in [6.45, 7) is 1.84. The molecule has 0 saturated heterocycles. The number of rotatable bonds is 5. The van der Waals surface area contributed by atoms with Gasteiger partial charge in [0.1, 0.15) is 12.4 Å². The van der Waals surface area contributed by atoms with Crippen molar-refractivity contribution < 1.29 is 14.6 Å². The van der Waals surface area contributed by atoms with E-state index in [0.29, 0.717) is 32.3 Å². The maximum atomic E-state index is 11.3. The van der Waals surface area contributed by atoms with Crippen molar-refractivity contribution in [3.05, 3.63) is 62.4 Å². The van der Waals surface area contributed by atoms with Crippen LogP contribution in [0.5, 0.6) is 5.75 Å².